The Labute approximate surface area is 91.2 Å². The third-order valence-electron chi connectivity index (χ3n) is 3.28. The molecular weight excluding hydrogens is 188 g/mol. The summed E-state index contributed by atoms with van der Waals surface area (Å²) in [6.07, 6.45) is 3.86. The maximum absolute atomic E-state index is 11.4. The van der Waals surface area contributed by atoms with Gasteiger partial charge in [-0.1, -0.05) is 11.8 Å². The monoisotopic (exact) mass is 206 g/mol. The number of amides is 1. The Hall–Kier alpha value is -1.01. The van der Waals surface area contributed by atoms with Crippen LogP contribution >= 0.6 is 0 Å². The van der Waals surface area contributed by atoms with Crippen LogP contribution in [0.25, 0.3) is 0 Å². The third-order valence-corrected chi connectivity index (χ3v) is 3.28. The standard InChI is InChI=1S/C12H18N2O/c1-10-5-6-12(15)14(10)9-3-2-4-11-7-8-13-11/h10-11,13H,4-9H2,1H3. The first-order valence-corrected chi connectivity index (χ1v) is 5.76. The molecule has 2 fully saturated rings. The molecule has 0 saturated carbocycles. The van der Waals surface area contributed by atoms with Crippen molar-refractivity contribution in [3.63, 3.8) is 0 Å². The highest BCUT2D eigenvalue weighted by molar-refractivity contribution is 5.78. The average Bonchev–Trinajstić information content (AvgIpc) is 2.45. The molecule has 2 heterocycles. The Kier molecular flexibility index (Phi) is 3.27. The second kappa shape index (κ2) is 4.67. The molecule has 1 amide bonds. The molecule has 2 unspecified atom stereocenters. The fraction of sp³-hybridized carbons (Fsp3) is 0.750. The Morgan fingerprint density at radius 1 is 1.47 bits per heavy atom. The van der Waals surface area contributed by atoms with Crippen molar-refractivity contribution in [1.29, 1.82) is 0 Å². The molecule has 2 aliphatic rings. The van der Waals surface area contributed by atoms with E-state index in [0.717, 1.165) is 19.4 Å². The van der Waals surface area contributed by atoms with E-state index in [2.05, 4.69) is 24.1 Å². The maximum atomic E-state index is 11.4. The summed E-state index contributed by atoms with van der Waals surface area (Å²) < 4.78 is 0. The molecule has 0 aliphatic carbocycles. The predicted molar refractivity (Wildman–Crippen MR) is 59.2 cm³/mol. The molecule has 2 rings (SSSR count). The van der Waals surface area contributed by atoms with Gasteiger partial charge in [0, 0.05) is 24.9 Å². The summed E-state index contributed by atoms with van der Waals surface area (Å²) >= 11 is 0. The normalized spacial score (nSPS) is 29.7. The molecule has 0 aromatic heterocycles. The zero-order valence-electron chi connectivity index (χ0n) is 9.25. The number of nitrogens with one attached hydrogen (secondary N) is 1. The van der Waals surface area contributed by atoms with Crippen LogP contribution in [-0.2, 0) is 4.79 Å². The number of likely N-dealkylation sites (tertiary alicyclic amines) is 1. The number of carbonyl (C=O) groups is 1. The third kappa shape index (κ3) is 2.51. The Morgan fingerprint density at radius 2 is 2.27 bits per heavy atom. The number of nitrogens with zero attached hydrogens (tertiary/aromatic N) is 1. The fourth-order valence-corrected chi connectivity index (χ4v) is 1.98. The largest absolute Gasteiger partial charge is 0.329 e. The lowest BCUT2D eigenvalue weighted by molar-refractivity contribution is -0.128. The van der Waals surface area contributed by atoms with Gasteiger partial charge in [0.2, 0.25) is 5.91 Å². The Bertz CT molecular complexity index is 298. The van der Waals surface area contributed by atoms with Crippen molar-refractivity contribution >= 4 is 5.91 Å². The van der Waals surface area contributed by atoms with Gasteiger partial charge in [-0.3, -0.25) is 4.79 Å². The van der Waals surface area contributed by atoms with Gasteiger partial charge in [-0.15, -0.1) is 0 Å². The molecule has 2 atom stereocenters. The summed E-state index contributed by atoms with van der Waals surface area (Å²) in [5, 5.41) is 3.31. The van der Waals surface area contributed by atoms with E-state index in [1.165, 1.54) is 6.42 Å². The van der Waals surface area contributed by atoms with Crippen LogP contribution in [0.3, 0.4) is 0 Å². The highest BCUT2D eigenvalue weighted by atomic mass is 16.2. The number of hydrogen-bond acceptors (Lipinski definition) is 2. The molecule has 2 saturated heterocycles. The van der Waals surface area contributed by atoms with Gasteiger partial charge in [0.25, 0.3) is 0 Å². The van der Waals surface area contributed by atoms with Crippen molar-refractivity contribution in [1.82, 2.24) is 10.2 Å². The molecule has 3 nitrogen and oxygen atoms in total. The molecule has 2 aliphatic heterocycles. The van der Waals surface area contributed by atoms with E-state index in [1.807, 2.05) is 4.90 Å². The van der Waals surface area contributed by atoms with Crippen LogP contribution in [0.5, 0.6) is 0 Å². The second-order valence-electron chi connectivity index (χ2n) is 4.41. The molecule has 15 heavy (non-hydrogen) atoms. The number of hydrogen-bond donors (Lipinski definition) is 1. The maximum Gasteiger partial charge on any atom is 0.223 e. The first-order chi connectivity index (χ1) is 7.27. The SMILES string of the molecule is CC1CCC(=O)N1CC#CCC1CCN1. The lowest BCUT2D eigenvalue weighted by Gasteiger charge is -2.25. The molecule has 0 bridgehead atoms. The average molecular weight is 206 g/mol. The van der Waals surface area contributed by atoms with Gasteiger partial charge in [-0.2, -0.15) is 0 Å². The van der Waals surface area contributed by atoms with Crippen LogP contribution in [0.15, 0.2) is 0 Å². The van der Waals surface area contributed by atoms with E-state index < -0.39 is 0 Å². The number of carbonyl (C=O) groups excluding carboxylic acids is 1. The van der Waals surface area contributed by atoms with Gasteiger partial charge in [0.15, 0.2) is 0 Å². The first kappa shape index (κ1) is 10.5. The van der Waals surface area contributed by atoms with E-state index >= 15 is 0 Å². The summed E-state index contributed by atoms with van der Waals surface area (Å²) in [6.45, 7) is 3.85. The molecule has 3 heteroatoms. The molecule has 0 aromatic rings. The molecule has 0 radical (unpaired) electrons. The van der Waals surface area contributed by atoms with Gasteiger partial charge in [-0.25, -0.2) is 0 Å². The zero-order chi connectivity index (χ0) is 10.7. The van der Waals surface area contributed by atoms with Crippen molar-refractivity contribution in [2.75, 3.05) is 13.1 Å². The zero-order valence-corrected chi connectivity index (χ0v) is 9.25. The van der Waals surface area contributed by atoms with Gasteiger partial charge in [0.05, 0.1) is 6.54 Å². The van der Waals surface area contributed by atoms with Crippen LogP contribution in [0, 0.1) is 11.8 Å². The highest BCUT2D eigenvalue weighted by Crippen LogP contribution is 2.16. The fourth-order valence-electron chi connectivity index (χ4n) is 1.98. The van der Waals surface area contributed by atoms with E-state index in [1.54, 1.807) is 0 Å². The number of rotatable bonds is 2. The van der Waals surface area contributed by atoms with E-state index in [0.29, 0.717) is 25.0 Å². The highest BCUT2D eigenvalue weighted by Gasteiger charge is 2.26. The Balaban J connectivity index is 1.73. The Morgan fingerprint density at radius 3 is 2.80 bits per heavy atom. The van der Waals surface area contributed by atoms with Gasteiger partial charge in [0.1, 0.15) is 0 Å². The van der Waals surface area contributed by atoms with Crippen LogP contribution in [0.1, 0.15) is 32.6 Å². The molecule has 0 aromatic carbocycles. The topological polar surface area (TPSA) is 32.3 Å². The summed E-state index contributed by atoms with van der Waals surface area (Å²) in [5.41, 5.74) is 0. The predicted octanol–water partition coefficient (Wildman–Crippen LogP) is 0.753. The summed E-state index contributed by atoms with van der Waals surface area (Å²) in [7, 11) is 0. The summed E-state index contributed by atoms with van der Waals surface area (Å²) in [6, 6.07) is 0.984. The first-order valence-electron chi connectivity index (χ1n) is 5.76. The van der Waals surface area contributed by atoms with E-state index in [4.69, 9.17) is 0 Å². The van der Waals surface area contributed by atoms with Gasteiger partial charge in [-0.05, 0) is 26.3 Å². The van der Waals surface area contributed by atoms with Crippen molar-refractivity contribution in [2.45, 2.75) is 44.7 Å². The molecule has 1 N–H and O–H groups in total. The van der Waals surface area contributed by atoms with Crippen LogP contribution in [-0.4, -0.2) is 36.0 Å². The smallest absolute Gasteiger partial charge is 0.223 e. The molecule has 82 valence electrons. The van der Waals surface area contributed by atoms with Crippen molar-refractivity contribution in [3.05, 3.63) is 0 Å². The lowest BCUT2D eigenvalue weighted by Crippen LogP contribution is -2.42. The minimum atomic E-state index is 0.263. The van der Waals surface area contributed by atoms with E-state index in [-0.39, 0.29) is 5.91 Å². The quantitative estimate of drug-likeness (QED) is 0.676. The van der Waals surface area contributed by atoms with Crippen LogP contribution in [0.4, 0.5) is 0 Å². The summed E-state index contributed by atoms with van der Waals surface area (Å²) in [4.78, 5) is 13.3. The van der Waals surface area contributed by atoms with Crippen molar-refractivity contribution in [3.8, 4) is 11.8 Å². The van der Waals surface area contributed by atoms with Gasteiger partial charge >= 0.3 is 0 Å². The van der Waals surface area contributed by atoms with Gasteiger partial charge < -0.3 is 10.2 Å². The van der Waals surface area contributed by atoms with Crippen molar-refractivity contribution < 1.29 is 4.79 Å². The van der Waals surface area contributed by atoms with E-state index in [9.17, 15) is 4.79 Å². The molecular formula is C12H18N2O. The minimum Gasteiger partial charge on any atom is -0.329 e. The van der Waals surface area contributed by atoms with Crippen LogP contribution < -0.4 is 5.32 Å². The molecule has 0 spiro atoms. The lowest BCUT2D eigenvalue weighted by atomic mass is 10.0. The minimum absolute atomic E-state index is 0.263. The van der Waals surface area contributed by atoms with Crippen LogP contribution in [0.2, 0.25) is 0 Å². The van der Waals surface area contributed by atoms with Crippen molar-refractivity contribution in [2.24, 2.45) is 0 Å². The summed E-state index contributed by atoms with van der Waals surface area (Å²) in [5.74, 6) is 6.51. The second-order valence-corrected chi connectivity index (χ2v) is 4.41.